The fourth-order valence-corrected chi connectivity index (χ4v) is 2.21. The highest BCUT2D eigenvalue weighted by Gasteiger charge is 2.24. The largest absolute Gasteiger partial charge is 0.462 e. The first-order valence-electron chi connectivity index (χ1n) is 5.61. The molecule has 1 aromatic rings. The molecule has 6 heteroatoms. The molecule has 1 unspecified atom stereocenters. The van der Waals surface area contributed by atoms with E-state index in [1.54, 1.807) is 26.0 Å². The Morgan fingerprint density at radius 2 is 2.17 bits per heavy atom. The molecule has 0 bridgehead atoms. The molecular formula is C12H13BrN2O3. The van der Waals surface area contributed by atoms with Crippen molar-refractivity contribution in [2.45, 2.75) is 19.9 Å². The SMILES string of the molecule is CCOC(=O)c1cc2c(cc1Br)NC(C)C(=O)N2. The maximum Gasteiger partial charge on any atom is 0.339 e. The van der Waals surface area contributed by atoms with Gasteiger partial charge < -0.3 is 15.4 Å². The summed E-state index contributed by atoms with van der Waals surface area (Å²) < 4.78 is 5.58. The molecule has 0 aliphatic carbocycles. The van der Waals surface area contributed by atoms with E-state index in [0.29, 0.717) is 22.3 Å². The van der Waals surface area contributed by atoms with Gasteiger partial charge in [0.1, 0.15) is 6.04 Å². The topological polar surface area (TPSA) is 67.4 Å². The summed E-state index contributed by atoms with van der Waals surface area (Å²) in [6.45, 7) is 3.82. The third kappa shape index (κ3) is 2.33. The predicted molar refractivity (Wildman–Crippen MR) is 71.8 cm³/mol. The number of benzene rings is 1. The molecule has 2 N–H and O–H groups in total. The van der Waals surface area contributed by atoms with Crippen LogP contribution in [0.2, 0.25) is 0 Å². The Kier molecular flexibility index (Phi) is 3.56. The van der Waals surface area contributed by atoms with Crippen molar-refractivity contribution in [1.82, 2.24) is 0 Å². The number of amides is 1. The van der Waals surface area contributed by atoms with E-state index >= 15 is 0 Å². The molecule has 0 radical (unpaired) electrons. The Morgan fingerprint density at radius 3 is 2.83 bits per heavy atom. The van der Waals surface area contributed by atoms with Gasteiger partial charge in [0.05, 0.1) is 23.5 Å². The minimum absolute atomic E-state index is 0.125. The minimum atomic E-state index is -0.417. The van der Waals surface area contributed by atoms with Crippen LogP contribution in [0.4, 0.5) is 11.4 Å². The number of halogens is 1. The van der Waals surface area contributed by atoms with Crippen LogP contribution in [-0.2, 0) is 9.53 Å². The van der Waals surface area contributed by atoms with Gasteiger partial charge in [0.25, 0.3) is 0 Å². The maximum atomic E-state index is 11.7. The van der Waals surface area contributed by atoms with Gasteiger partial charge in [0.15, 0.2) is 0 Å². The molecule has 0 saturated carbocycles. The van der Waals surface area contributed by atoms with E-state index in [4.69, 9.17) is 4.74 Å². The van der Waals surface area contributed by atoms with E-state index < -0.39 is 5.97 Å². The molecule has 1 aromatic carbocycles. The second-order valence-corrected chi connectivity index (χ2v) is 4.81. The fraction of sp³-hybridized carbons (Fsp3) is 0.333. The van der Waals surface area contributed by atoms with Gasteiger partial charge in [-0.2, -0.15) is 0 Å². The zero-order valence-electron chi connectivity index (χ0n) is 10.0. The van der Waals surface area contributed by atoms with E-state index in [1.165, 1.54) is 0 Å². The number of ether oxygens (including phenoxy) is 1. The molecule has 1 aliphatic rings. The average Bonchev–Trinajstić information content (AvgIpc) is 2.31. The van der Waals surface area contributed by atoms with Gasteiger partial charge >= 0.3 is 5.97 Å². The van der Waals surface area contributed by atoms with Crippen molar-refractivity contribution in [3.05, 3.63) is 22.2 Å². The van der Waals surface area contributed by atoms with E-state index in [0.717, 1.165) is 5.69 Å². The van der Waals surface area contributed by atoms with Crippen LogP contribution in [0.3, 0.4) is 0 Å². The summed E-state index contributed by atoms with van der Waals surface area (Å²) in [5, 5.41) is 5.80. The molecule has 0 aromatic heterocycles. The van der Waals surface area contributed by atoms with Crippen molar-refractivity contribution in [3.8, 4) is 0 Å². The Balaban J connectivity index is 2.39. The molecule has 1 atom stereocenters. The standard InChI is InChI=1S/C12H13BrN2O3/c1-3-18-12(17)7-4-9-10(5-8(7)13)14-6(2)11(16)15-9/h4-6,14H,3H2,1-2H3,(H,15,16). The molecule has 18 heavy (non-hydrogen) atoms. The average molecular weight is 313 g/mol. The zero-order valence-corrected chi connectivity index (χ0v) is 11.6. The summed E-state index contributed by atoms with van der Waals surface area (Å²) in [6, 6.07) is 3.07. The molecule has 1 amide bonds. The van der Waals surface area contributed by atoms with Gasteiger partial charge in [0.2, 0.25) is 5.91 Å². The third-order valence-corrected chi connectivity index (χ3v) is 3.28. The van der Waals surface area contributed by atoms with E-state index in [2.05, 4.69) is 26.6 Å². The van der Waals surface area contributed by atoms with E-state index in [-0.39, 0.29) is 11.9 Å². The summed E-state index contributed by atoms with van der Waals surface area (Å²) in [4.78, 5) is 23.3. The first kappa shape index (κ1) is 12.9. The lowest BCUT2D eigenvalue weighted by Gasteiger charge is -2.25. The molecule has 5 nitrogen and oxygen atoms in total. The van der Waals surface area contributed by atoms with Crippen LogP contribution in [0.5, 0.6) is 0 Å². The zero-order chi connectivity index (χ0) is 13.3. The molecule has 0 spiro atoms. The van der Waals surface area contributed by atoms with Crippen molar-refractivity contribution < 1.29 is 14.3 Å². The van der Waals surface area contributed by atoms with E-state index in [9.17, 15) is 9.59 Å². The van der Waals surface area contributed by atoms with Crippen molar-refractivity contribution in [3.63, 3.8) is 0 Å². The molecule has 96 valence electrons. The Bertz CT molecular complexity index is 516. The lowest BCUT2D eigenvalue weighted by atomic mass is 10.1. The number of fused-ring (bicyclic) bond motifs is 1. The van der Waals surface area contributed by atoms with Gasteiger partial charge in [-0.15, -0.1) is 0 Å². The van der Waals surface area contributed by atoms with Gasteiger partial charge in [-0.05, 0) is 41.9 Å². The van der Waals surface area contributed by atoms with Crippen LogP contribution in [0, 0.1) is 0 Å². The predicted octanol–water partition coefficient (Wildman–Crippen LogP) is 2.38. The Labute approximate surface area is 113 Å². The van der Waals surface area contributed by atoms with Crippen molar-refractivity contribution in [2.75, 3.05) is 17.2 Å². The monoisotopic (exact) mass is 312 g/mol. The van der Waals surface area contributed by atoms with Crippen LogP contribution in [-0.4, -0.2) is 24.5 Å². The number of carbonyl (C=O) groups is 2. The number of rotatable bonds is 2. The summed E-state index contributed by atoms with van der Waals surface area (Å²) in [5.74, 6) is -0.542. The number of esters is 1. The van der Waals surface area contributed by atoms with Crippen LogP contribution >= 0.6 is 15.9 Å². The van der Waals surface area contributed by atoms with Crippen molar-refractivity contribution in [1.29, 1.82) is 0 Å². The molecule has 0 fully saturated rings. The highest BCUT2D eigenvalue weighted by Crippen LogP contribution is 2.33. The lowest BCUT2D eigenvalue weighted by Crippen LogP contribution is -2.36. The number of hydrogen-bond acceptors (Lipinski definition) is 4. The number of nitrogens with one attached hydrogen (secondary N) is 2. The summed E-state index contributed by atoms with van der Waals surface area (Å²) in [6.07, 6.45) is 0. The molecule has 1 heterocycles. The molecule has 2 rings (SSSR count). The van der Waals surface area contributed by atoms with Crippen LogP contribution in [0.25, 0.3) is 0 Å². The Morgan fingerprint density at radius 1 is 1.44 bits per heavy atom. The van der Waals surface area contributed by atoms with Crippen molar-refractivity contribution in [2.24, 2.45) is 0 Å². The molecular weight excluding hydrogens is 300 g/mol. The highest BCUT2D eigenvalue weighted by atomic mass is 79.9. The summed E-state index contributed by atoms with van der Waals surface area (Å²) in [7, 11) is 0. The quantitative estimate of drug-likeness (QED) is 0.823. The van der Waals surface area contributed by atoms with Gasteiger partial charge in [-0.1, -0.05) is 0 Å². The van der Waals surface area contributed by atoms with E-state index in [1.807, 2.05) is 0 Å². The first-order valence-corrected chi connectivity index (χ1v) is 6.40. The van der Waals surface area contributed by atoms with Gasteiger partial charge in [-0.3, -0.25) is 4.79 Å². The smallest absolute Gasteiger partial charge is 0.339 e. The Hall–Kier alpha value is -1.56. The summed E-state index contributed by atoms with van der Waals surface area (Å²) >= 11 is 3.33. The maximum absolute atomic E-state index is 11.7. The molecule has 0 saturated heterocycles. The lowest BCUT2D eigenvalue weighted by molar-refractivity contribution is -0.116. The van der Waals surface area contributed by atoms with Gasteiger partial charge in [0, 0.05) is 4.47 Å². The van der Waals surface area contributed by atoms with Crippen LogP contribution < -0.4 is 10.6 Å². The number of carbonyl (C=O) groups excluding carboxylic acids is 2. The molecule has 1 aliphatic heterocycles. The van der Waals surface area contributed by atoms with Crippen LogP contribution in [0.15, 0.2) is 16.6 Å². The minimum Gasteiger partial charge on any atom is -0.462 e. The fourth-order valence-electron chi connectivity index (χ4n) is 1.70. The highest BCUT2D eigenvalue weighted by molar-refractivity contribution is 9.10. The number of hydrogen-bond donors (Lipinski definition) is 2. The van der Waals surface area contributed by atoms with Crippen LogP contribution in [0.1, 0.15) is 24.2 Å². The third-order valence-electron chi connectivity index (χ3n) is 2.63. The second-order valence-electron chi connectivity index (χ2n) is 3.95. The van der Waals surface area contributed by atoms with Gasteiger partial charge in [-0.25, -0.2) is 4.79 Å². The van der Waals surface area contributed by atoms with Crippen molar-refractivity contribution >= 4 is 39.2 Å². The second kappa shape index (κ2) is 4.97. The summed E-state index contributed by atoms with van der Waals surface area (Å²) in [5.41, 5.74) is 1.76. The normalized spacial score (nSPS) is 17.5. The first-order chi connectivity index (χ1) is 8.52. The number of anilines is 2.